The second kappa shape index (κ2) is 2.67. The number of aromatic amines is 1. The first-order chi connectivity index (χ1) is 7.19. The molecule has 0 bridgehead atoms. The van der Waals surface area contributed by atoms with Crippen LogP contribution < -0.4 is 11.3 Å². The van der Waals surface area contributed by atoms with Gasteiger partial charge in [-0.2, -0.15) is 0 Å². The molecule has 0 spiro atoms. The van der Waals surface area contributed by atoms with Crippen LogP contribution in [-0.4, -0.2) is 9.97 Å². The molecule has 15 heavy (non-hydrogen) atoms. The first kappa shape index (κ1) is 8.61. The monoisotopic (exact) mass is 201 g/mol. The molecule has 1 fully saturated rings. The van der Waals surface area contributed by atoms with Crippen LogP contribution in [0, 0.1) is 0 Å². The number of benzene rings is 1. The molecule has 1 aromatic carbocycles. The third-order valence-electron chi connectivity index (χ3n) is 2.87. The summed E-state index contributed by atoms with van der Waals surface area (Å²) in [4.78, 5) is 18.9. The van der Waals surface area contributed by atoms with Gasteiger partial charge in [0.15, 0.2) is 0 Å². The lowest BCUT2D eigenvalue weighted by Gasteiger charge is -2.07. The number of nitrogens with two attached hydrogens (primary N) is 1. The lowest BCUT2D eigenvalue weighted by Crippen LogP contribution is -2.26. The summed E-state index contributed by atoms with van der Waals surface area (Å²) in [5.74, 6) is 0.617. The van der Waals surface area contributed by atoms with E-state index in [4.69, 9.17) is 5.73 Å². The van der Waals surface area contributed by atoms with E-state index < -0.39 is 0 Å². The number of aromatic nitrogens is 2. The predicted molar refractivity (Wildman–Crippen MR) is 57.5 cm³/mol. The molecule has 4 heteroatoms. The zero-order chi connectivity index (χ0) is 10.5. The Morgan fingerprint density at radius 1 is 1.33 bits per heavy atom. The molecule has 0 radical (unpaired) electrons. The quantitative estimate of drug-likeness (QED) is 0.719. The Morgan fingerprint density at radius 2 is 2.07 bits per heavy atom. The largest absolute Gasteiger partial charge is 0.319 e. The summed E-state index contributed by atoms with van der Waals surface area (Å²) in [6, 6.07) is 7.30. The summed E-state index contributed by atoms with van der Waals surface area (Å²) in [5, 5.41) is 0.616. The van der Waals surface area contributed by atoms with Crippen molar-refractivity contribution in [2.75, 3.05) is 0 Å². The third-order valence-corrected chi connectivity index (χ3v) is 2.87. The first-order valence-electron chi connectivity index (χ1n) is 4.97. The zero-order valence-electron chi connectivity index (χ0n) is 8.16. The number of hydrogen-bond donors (Lipinski definition) is 2. The smallest absolute Gasteiger partial charge is 0.258 e. The molecule has 1 saturated carbocycles. The lowest BCUT2D eigenvalue weighted by molar-refractivity contribution is 0.673. The Bertz CT molecular complexity index is 584. The van der Waals surface area contributed by atoms with Gasteiger partial charge in [-0.1, -0.05) is 12.1 Å². The van der Waals surface area contributed by atoms with Crippen LogP contribution >= 0.6 is 0 Å². The molecule has 0 aliphatic heterocycles. The van der Waals surface area contributed by atoms with Crippen molar-refractivity contribution in [2.45, 2.75) is 18.4 Å². The molecular weight excluding hydrogens is 190 g/mol. The molecule has 3 N–H and O–H groups in total. The van der Waals surface area contributed by atoms with Crippen LogP contribution in [-0.2, 0) is 5.54 Å². The van der Waals surface area contributed by atoms with E-state index in [2.05, 4.69) is 9.97 Å². The summed E-state index contributed by atoms with van der Waals surface area (Å²) in [6.07, 6.45) is 1.79. The summed E-state index contributed by atoms with van der Waals surface area (Å²) < 4.78 is 0. The van der Waals surface area contributed by atoms with E-state index in [9.17, 15) is 4.79 Å². The van der Waals surface area contributed by atoms with E-state index in [-0.39, 0.29) is 11.1 Å². The zero-order valence-corrected chi connectivity index (χ0v) is 8.16. The van der Waals surface area contributed by atoms with Crippen LogP contribution in [0.15, 0.2) is 29.1 Å². The number of rotatable bonds is 1. The topological polar surface area (TPSA) is 71.8 Å². The van der Waals surface area contributed by atoms with Gasteiger partial charge >= 0.3 is 0 Å². The molecule has 1 aromatic heterocycles. The molecular formula is C11H11N3O. The van der Waals surface area contributed by atoms with E-state index in [1.807, 2.05) is 18.2 Å². The van der Waals surface area contributed by atoms with Gasteiger partial charge in [0.2, 0.25) is 0 Å². The molecule has 0 saturated heterocycles. The van der Waals surface area contributed by atoms with Crippen molar-refractivity contribution in [3.05, 3.63) is 40.4 Å². The van der Waals surface area contributed by atoms with Crippen LogP contribution in [0.2, 0.25) is 0 Å². The number of para-hydroxylation sites is 1. The van der Waals surface area contributed by atoms with Crippen LogP contribution in [0.25, 0.3) is 10.9 Å². The maximum Gasteiger partial charge on any atom is 0.258 e. The van der Waals surface area contributed by atoms with Crippen molar-refractivity contribution < 1.29 is 0 Å². The lowest BCUT2D eigenvalue weighted by atomic mass is 10.2. The minimum atomic E-state index is -0.386. The van der Waals surface area contributed by atoms with Crippen molar-refractivity contribution in [1.82, 2.24) is 9.97 Å². The van der Waals surface area contributed by atoms with E-state index >= 15 is 0 Å². The summed E-state index contributed by atoms with van der Waals surface area (Å²) in [6.45, 7) is 0. The minimum Gasteiger partial charge on any atom is -0.319 e. The molecule has 0 amide bonds. The summed E-state index contributed by atoms with van der Waals surface area (Å²) in [5.41, 5.74) is 6.22. The van der Waals surface area contributed by atoms with Gasteiger partial charge in [0, 0.05) is 0 Å². The summed E-state index contributed by atoms with van der Waals surface area (Å²) >= 11 is 0. The Kier molecular flexibility index (Phi) is 1.53. The van der Waals surface area contributed by atoms with Gasteiger partial charge in [0.1, 0.15) is 5.82 Å². The molecule has 1 heterocycles. The maximum absolute atomic E-state index is 11.7. The minimum absolute atomic E-state index is 0.104. The Balaban J connectivity index is 2.32. The summed E-state index contributed by atoms with van der Waals surface area (Å²) in [7, 11) is 0. The Labute approximate surface area is 86.1 Å². The third kappa shape index (κ3) is 1.26. The molecule has 3 rings (SSSR count). The molecule has 1 aliphatic carbocycles. The van der Waals surface area contributed by atoms with Crippen LogP contribution in [0.1, 0.15) is 18.7 Å². The average molecular weight is 201 g/mol. The van der Waals surface area contributed by atoms with Crippen LogP contribution in [0.3, 0.4) is 0 Å². The maximum atomic E-state index is 11.7. The van der Waals surface area contributed by atoms with Crippen molar-refractivity contribution in [3.63, 3.8) is 0 Å². The second-order valence-corrected chi connectivity index (χ2v) is 4.09. The van der Waals surface area contributed by atoms with Crippen molar-refractivity contribution >= 4 is 10.9 Å². The SMILES string of the molecule is NC1(c2nc3ccccc3c(=O)[nH]2)CC1. The molecule has 0 atom stereocenters. The fourth-order valence-corrected chi connectivity index (χ4v) is 1.69. The first-order valence-corrected chi connectivity index (χ1v) is 4.97. The molecule has 4 nitrogen and oxygen atoms in total. The molecule has 1 aliphatic rings. The van der Waals surface area contributed by atoms with E-state index in [1.54, 1.807) is 6.07 Å². The highest BCUT2D eigenvalue weighted by atomic mass is 16.1. The highest BCUT2D eigenvalue weighted by Gasteiger charge is 2.42. The van der Waals surface area contributed by atoms with Gasteiger partial charge in [-0.25, -0.2) is 4.98 Å². The Morgan fingerprint density at radius 3 is 2.80 bits per heavy atom. The molecule has 76 valence electrons. The fourth-order valence-electron chi connectivity index (χ4n) is 1.69. The van der Waals surface area contributed by atoms with Crippen LogP contribution in [0.4, 0.5) is 0 Å². The fraction of sp³-hybridized carbons (Fsp3) is 0.273. The second-order valence-electron chi connectivity index (χ2n) is 4.09. The van der Waals surface area contributed by atoms with Gasteiger partial charge < -0.3 is 10.7 Å². The van der Waals surface area contributed by atoms with Crippen molar-refractivity contribution in [3.8, 4) is 0 Å². The highest BCUT2D eigenvalue weighted by molar-refractivity contribution is 5.77. The van der Waals surface area contributed by atoms with Gasteiger partial charge in [-0.3, -0.25) is 4.79 Å². The number of fused-ring (bicyclic) bond motifs is 1. The number of nitrogens with one attached hydrogen (secondary N) is 1. The van der Waals surface area contributed by atoms with Gasteiger partial charge in [0.25, 0.3) is 5.56 Å². The van der Waals surface area contributed by atoms with Crippen molar-refractivity contribution in [1.29, 1.82) is 0 Å². The normalized spacial score (nSPS) is 17.9. The number of H-pyrrole nitrogens is 1. The van der Waals surface area contributed by atoms with Gasteiger partial charge in [-0.15, -0.1) is 0 Å². The predicted octanol–water partition coefficient (Wildman–Crippen LogP) is 0.871. The number of hydrogen-bond acceptors (Lipinski definition) is 3. The van der Waals surface area contributed by atoms with E-state index in [1.165, 1.54) is 0 Å². The Hall–Kier alpha value is -1.68. The van der Waals surface area contributed by atoms with Gasteiger partial charge in [0.05, 0.1) is 16.4 Å². The van der Waals surface area contributed by atoms with E-state index in [0.717, 1.165) is 12.8 Å². The van der Waals surface area contributed by atoms with Crippen molar-refractivity contribution in [2.24, 2.45) is 5.73 Å². The molecule has 0 unspecified atom stereocenters. The molecule has 2 aromatic rings. The highest BCUT2D eigenvalue weighted by Crippen LogP contribution is 2.40. The average Bonchev–Trinajstić information content (AvgIpc) is 2.98. The standard InChI is InChI=1S/C11H11N3O/c12-11(5-6-11)10-13-8-4-2-1-3-7(8)9(15)14-10/h1-4H,5-6,12H2,(H,13,14,15). The van der Waals surface area contributed by atoms with Crippen LogP contribution in [0.5, 0.6) is 0 Å². The van der Waals surface area contributed by atoms with Gasteiger partial charge in [-0.05, 0) is 25.0 Å². The van der Waals surface area contributed by atoms with E-state index in [0.29, 0.717) is 16.7 Å². The number of nitrogens with zero attached hydrogens (tertiary/aromatic N) is 1.